The highest BCUT2D eigenvalue weighted by Crippen LogP contribution is 2.22. The molecule has 0 saturated heterocycles. The second-order valence-corrected chi connectivity index (χ2v) is 10.5. The number of hydrogen-bond acceptors (Lipinski definition) is 7. The standard InChI is InChI=1S/C12H23N.C10H19NO4S2/c1-3-7-11(8-4-1)13-12-9-5-2-6-10-12;1-10(2,3)15-8(12)4-5-17-11-7(6-16)9(13)14/h11-13H,1-10H2;7,11,16H,4-6H2,1-3H3,(H,13,14)/t;7-/m.0/s1. The topological polar surface area (TPSA) is 87.7 Å². The predicted molar refractivity (Wildman–Crippen MR) is 128 cm³/mol. The molecule has 1 atom stereocenters. The van der Waals surface area contributed by atoms with E-state index in [1.54, 1.807) is 20.8 Å². The monoisotopic (exact) mass is 462 g/mol. The fourth-order valence-electron chi connectivity index (χ4n) is 3.72. The molecule has 0 unspecified atom stereocenters. The quantitative estimate of drug-likeness (QED) is 0.173. The van der Waals surface area contributed by atoms with Gasteiger partial charge in [0.05, 0.1) is 6.42 Å². The molecule has 6 nitrogen and oxygen atoms in total. The largest absolute Gasteiger partial charge is 0.480 e. The second-order valence-electron chi connectivity index (χ2n) is 9.21. The van der Waals surface area contributed by atoms with Crippen LogP contribution in [0.15, 0.2) is 0 Å². The van der Waals surface area contributed by atoms with E-state index in [9.17, 15) is 9.59 Å². The van der Waals surface area contributed by atoms with Crippen molar-refractivity contribution in [2.75, 3.05) is 11.5 Å². The molecule has 3 N–H and O–H groups in total. The van der Waals surface area contributed by atoms with E-state index in [-0.39, 0.29) is 18.1 Å². The number of esters is 1. The second kappa shape index (κ2) is 15.4. The number of nitrogens with one attached hydrogen (secondary N) is 2. The molecule has 0 aromatic heterocycles. The summed E-state index contributed by atoms with van der Waals surface area (Å²) in [5.74, 6) is -0.573. The van der Waals surface area contributed by atoms with Crippen molar-refractivity contribution in [1.82, 2.24) is 10.0 Å². The third-order valence-electron chi connectivity index (χ3n) is 5.22. The first kappa shape index (κ1) is 27.6. The predicted octanol–water partition coefficient (Wildman–Crippen LogP) is 4.58. The van der Waals surface area contributed by atoms with Gasteiger partial charge >= 0.3 is 11.9 Å². The maximum absolute atomic E-state index is 11.3. The van der Waals surface area contributed by atoms with Crippen molar-refractivity contribution in [2.45, 2.75) is 115 Å². The van der Waals surface area contributed by atoms with Crippen molar-refractivity contribution >= 4 is 36.5 Å². The lowest BCUT2D eigenvalue weighted by atomic mass is 9.91. The average Bonchev–Trinajstić information content (AvgIpc) is 2.68. The van der Waals surface area contributed by atoms with Gasteiger partial charge < -0.3 is 15.2 Å². The number of carboxylic acids is 1. The molecule has 0 heterocycles. The van der Waals surface area contributed by atoms with Crippen molar-refractivity contribution in [3.63, 3.8) is 0 Å². The van der Waals surface area contributed by atoms with Crippen molar-refractivity contribution in [2.24, 2.45) is 0 Å². The lowest BCUT2D eigenvalue weighted by Crippen LogP contribution is -2.40. The maximum Gasteiger partial charge on any atom is 0.322 e. The molecule has 2 fully saturated rings. The van der Waals surface area contributed by atoms with Crippen molar-refractivity contribution in [3.8, 4) is 0 Å². The van der Waals surface area contributed by atoms with Crippen molar-refractivity contribution in [3.05, 3.63) is 0 Å². The zero-order valence-corrected chi connectivity index (χ0v) is 20.7. The third kappa shape index (κ3) is 13.8. The minimum atomic E-state index is -0.954. The first-order valence-corrected chi connectivity index (χ1v) is 13.0. The minimum Gasteiger partial charge on any atom is -0.480 e. The third-order valence-corrected chi connectivity index (χ3v) is 6.44. The molecule has 2 saturated carbocycles. The number of ether oxygens (including phenoxy) is 1. The normalized spacial score (nSPS) is 19.5. The number of hydrogen-bond donors (Lipinski definition) is 4. The van der Waals surface area contributed by atoms with Gasteiger partial charge in [0.2, 0.25) is 0 Å². The fourth-order valence-corrected chi connectivity index (χ4v) is 4.87. The zero-order valence-electron chi connectivity index (χ0n) is 19.0. The molecular formula is C22H42N2O4S2. The van der Waals surface area contributed by atoms with Crippen LogP contribution in [0.2, 0.25) is 0 Å². The van der Waals surface area contributed by atoms with E-state index >= 15 is 0 Å². The van der Waals surface area contributed by atoms with Crippen molar-refractivity contribution in [1.29, 1.82) is 0 Å². The minimum absolute atomic E-state index is 0.203. The molecule has 0 aliphatic heterocycles. The van der Waals surface area contributed by atoms with Gasteiger partial charge in [-0.25, -0.2) is 4.72 Å². The number of aliphatic carboxylic acids is 1. The highest BCUT2D eigenvalue weighted by atomic mass is 32.2. The van der Waals surface area contributed by atoms with E-state index in [1.807, 2.05) is 0 Å². The summed E-state index contributed by atoms with van der Waals surface area (Å²) >= 11 is 5.09. The molecule has 0 bridgehead atoms. The summed E-state index contributed by atoms with van der Waals surface area (Å²) in [4.78, 5) is 21.9. The van der Waals surface area contributed by atoms with Crippen LogP contribution >= 0.6 is 24.6 Å². The van der Waals surface area contributed by atoms with Crippen molar-refractivity contribution < 1.29 is 19.4 Å². The Kier molecular flexibility index (Phi) is 14.1. The molecule has 0 spiro atoms. The Morgan fingerprint density at radius 1 is 1.03 bits per heavy atom. The number of carbonyl (C=O) groups is 2. The van der Waals surface area contributed by atoms with Crippen LogP contribution in [-0.2, 0) is 14.3 Å². The van der Waals surface area contributed by atoms with Gasteiger partial charge in [-0.2, -0.15) is 12.6 Å². The van der Waals surface area contributed by atoms with E-state index < -0.39 is 17.6 Å². The fraction of sp³-hybridized carbons (Fsp3) is 0.909. The Labute approximate surface area is 192 Å². The molecule has 0 radical (unpaired) electrons. The highest BCUT2D eigenvalue weighted by Gasteiger charge is 2.19. The highest BCUT2D eigenvalue weighted by molar-refractivity contribution is 7.97. The lowest BCUT2D eigenvalue weighted by molar-refractivity contribution is -0.154. The summed E-state index contributed by atoms with van der Waals surface area (Å²) in [5, 5.41) is 12.6. The number of rotatable bonds is 9. The summed E-state index contributed by atoms with van der Waals surface area (Å²) < 4.78 is 7.83. The van der Waals surface area contributed by atoms with Gasteiger partial charge in [0, 0.05) is 23.6 Å². The lowest BCUT2D eigenvalue weighted by Gasteiger charge is -2.30. The molecule has 2 rings (SSSR count). The van der Waals surface area contributed by atoms with Crippen LogP contribution < -0.4 is 10.0 Å². The van der Waals surface area contributed by atoms with E-state index in [0.717, 1.165) is 12.1 Å². The summed E-state index contributed by atoms with van der Waals surface area (Å²) in [6, 6.07) is 1.04. The maximum atomic E-state index is 11.3. The Hall–Kier alpha value is -0.440. The first-order valence-electron chi connectivity index (χ1n) is 11.4. The molecule has 0 amide bonds. The van der Waals surface area contributed by atoms with Crippen LogP contribution in [0.1, 0.15) is 91.4 Å². The summed E-state index contributed by atoms with van der Waals surface area (Å²) in [6.07, 6.45) is 14.8. The van der Waals surface area contributed by atoms with E-state index in [1.165, 1.54) is 76.2 Å². The van der Waals surface area contributed by atoms with Gasteiger partial charge in [-0.15, -0.1) is 0 Å². The van der Waals surface area contributed by atoms with E-state index in [4.69, 9.17) is 9.84 Å². The van der Waals surface area contributed by atoms with Crippen LogP contribution in [0.4, 0.5) is 0 Å². The molecule has 0 aromatic carbocycles. The molecule has 30 heavy (non-hydrogen) atoms. The van der Waals surface area contributed by atoms with Gasteiger partial charge in [-0.3, -0.25) is 9.59 Å². The van der Waals surface area contributed by atoms with Crippen LogP contribution in [0.5, 0.6) is 0 Å². The van der Waals surface area contributed by atoms with Crippen LogP contribution in [0.25, 0.3) is 0 Å². The van der Waals surface area contributed by atoms with Crippen LogP contribution in [0, 0.1) is 0 Å². The average molecular weight is 463 g/mol. The Bertz CT molecular complexity index is 472. The van der Waals surface area contributed by atoms with Gasteiger partial charge in [0.1, 0.15) is 11.6 Å². The molecular weight excluding hydrogens is 420 g/mol. The van der Waals surface area contributed by atoms with Gasteiger partial charge in [-0.1, -0.05) is 50.5 Å². The summed E-state index contributed by atoms with van der Waals surface area (Å²) in [6.45, 7) is 5.41. The first-order chi connectivity index (χ1) is 14.2. The Balaban J connectivity index is 0.000000308. The Morgan fingerprint density at radius 2 is 1.53 bits per heavy atom. The number of thiol groups is 1. The molecule has 8 heteroatoms. The van der Waals surface area contributed by atoms with E-state index in [2.05, 4.69) is 22.7 Å². The summed E-state index contributed by atoms with van der Waals surface area (Å²) in [7, 11) is 0. The van der Waals surface area contributed by atoms with E-state index in [0.29, 0.717) is 5.75 Å². The molecule has 176 valence electrons. The van der Waals surface area contributed by atoms with Crippen LogP contribution in [0.3, 0.4) is 0 Å². The SMILES string of the molecule is C1CCC(NC2CCCCC2)CC1.CC(C)(C)OC(=O)CCSN[C@@H](CS)C(=O)O. The smallest absolute Gasteiger partial charge is 0.322 e. The number of carboxylic acid groups (broad SMARTS) is 1. The zero-order chi connectivity index (χ0) is 22.4. The Morgan fingerprint density at radius 3 is 1.93 bits per heavy atom. The molecule has 2 aliphatic rings. The van der Waals surface area contributed by atoms with Crippen LogP contribution in [-0.4, -0.2) is 52.3 Å². The van der Waals surface area contributed by atoms with Gasteiger partial charge in [0.25, 0.3) is 0 Å². The van der Waals surface area contributed by atoms with Gasteiger partial charge in [-0.05, 0) is 46.5 Å². The molecule has 2 aliphatic carbocycles. The summed E-state index contributed by atoms with van der Waals surface area (Å²) in [5.41, 5.74) is -0.482. The molecule has 0 aromatic rings. The number of carbonyl (C=O) groups excluding carboxylic acids is 1. The van der Waals surface area contributed by atoms with Gasteiger partial charge in [0.15, 0.2) is 0 Å².